The van der Waals surface area contributed by atoms with Gasteiger partial charge in [-0.15, -0.1) is 0 Å². The highest BCUT2D eigenvalue weighted by atomic mass is 16.7. The van der Waals surface area contributed by atoms with Gasteiger partial charge in [-0.1, -0.05) is 0 Å². The molecule has 76 valence electrons. The molecule has 2 rings (SSSR count). The standard InChI is InChI=1S/C9H16O4/c10-7-1-3-9(12-5-7)4-2-8(11)6-13-9/h7-8,10-11H,1-6H2. The van der Waals surface area contributed by atoms with Crippen LogP contribution in [0.25, 0.3) is 0 Å². The van der Waals surface area contributed by atoms with Crippen LogP contribution >= 0.6 is 0 Å². The Hall–Kier alpha value is -0.160. The lowest BCUT2D eigenvalue weighted by atomic mass is 9.95. The van der Waals surface area contributed by atoms with E-state index in [1.165, 1.54) is 0 Å². The van der Waals surface area contributed by atoms with E-state index < -0.39 is 5.79 Å². The second kappa shape index (κ2) is 3.53. The summed E-state index contributed by atoms with van der Waals surface area (Å²) in [5, 5.41) is 18.5. The Kier molecular flexibility index (Phi) is 2.55. The molecule has 0 aromatic rings. The average Bonchev–Trinajstić information content (AvgIpc) is 2.16. The molecule has 2 saturated heterocycles. The molecule has 2 aliphatic heterocycles. The van der Waals surface area contributed by atoms with Gasteiger partial charge in [0.25, 0.3) is 0 Å². The van der Waals surface area contributed by atoms with Crippen LogP contribution in [0.5, 0.6) is 0 Å². The zero-order valence-corrected chi connectivity index (χ0v) is 7.61. The molecule has 2 unspecified atom stereocenters. The fourth-order valence-electron chi connectivity index (χ4n) is 1.89. The molecule has 4 heteroatoms. The van der Waals surface area contributed by atoms with Gasteiger partial charge >= 0.3 is 0 Å². The van der Waals surface area contributed by atoms with Crippen LogP contribution in [0, 0.1) is 0 Å². The maximum absolute atomic E-state index is 9.25. The topological polar surface area (TPSA) is 58.9 Å². The van der Waals surface area contributed by atoms with E-state index in [0.29, 0.717) is 13.2 Å². The van der Waals surface area contributed by atoms with Crippen molar-refractivity contribution in [2.24, 2.45) is 0 Å². The van der Waals surface area contributed by atoms with Crippen LogP contribution in [0.1, 0.15) is 25.7 Å². The van der Waals surface area contributed by atoms with Gasteiger partial charge in [0.15, 0.2) is 5.79 Å². The number of aliphatic hydroxyl groups is 2. The van der Waals surface area contributed by atoms with Crippen LogP contribution in [-0.4, -0.2) is 41.4 Å². The fourth-order valence-corrected chi connectivity index (χ4v) is 1.89. The van der Waals surface area contributed by atoms with Gasteiger partial charge in [0.05, 0.1) is 25.4 Å². The number of ether oxygens (including phenoxy) is 2. The minimum absolute atomic E-state index is 0.346. The van der Waals surface area contributed by atoms with Gasteiger partial charge < -0.3 is 19.7 Å². The summed E-state index contributed by atoms with van der Waals surface area (Å²) in [6.45, 7) is 0.714. The third kappa shape index (κ3) is 2.02. The molecule has 0 aromatic heterocycles. The van der Waals surface area contributed by atoms with Crippen molar-refractivity contribution < 1.29 is 19.7 Å². The SMILES string of the molecule is OC1CCC2(CCC(O)CO2)OC1. The van der Waals surface area contributed by atoms with Crippen molar-refractivity contribution in [3.05, 3.63) is 0 Å². The Morgan fingerprint density at radius 2 is 1.38 bits per heavy atom. The van der Waals surface area contributed by atoms with Crippen LogP contribution in [0.2, 0.25) is 0 Å². The smallest absolute Gasteiger partial charge is 0.168 e. The predicted molar refractivity (Wildman–Crippen MR) is 45.1 cm³/mol. The molecular formula is C9H16O4. The van der Waals surface area contributed by atoms with E-state index in [9.17, 15) is 10.2 Å². The fraction of sp³-hybridized carbons (Fsp3) is 1.00. The maximum Gasteiger partial charge on any atom is 0.168 e. The van der Waals surface area contributed by atoms with Crippen molar-refractivity contribution >= 4 is 0 Å². The first-order valence-corrected chi connectivity index (χ1v) is 4.84. The maximum atomic E-state index is 9.25. The van der Waals surface area contributed by atoms with Crippen LogP contribution in [0.4, 0.5) is 0 Å². The molecule has 0 radical (unpaired) electrons. The summed E-state index contributed by atoms with van der Waals surface area (Å²) in [6.07, 6.45) is 2.25. The van der Waals surface area contributed by atoms with Crippen molar-refractivity contribution in [3.8, 4) is 0 Å². The third-order valence-corrected chi connectivity index (χ3v) is 2.79. The predicted octanol–water partition coefficient (Wildman–Crippen LogP) is 0.0253. The summed E-state index contributed by atoms with van der Waals surface area (Å²) in [5.41, 5.74) is 0. The van der Waals surface area contributed by atoms with Crippen molar-refractivity contribution in [1.82, 2.24) is 0 Å². The van der Waals surface area contributed by atoms with E-state index in [1.54, 1.807) is 0 Å². The molecule has 0 aliphatic carbocycles. The number of rotatable bonds is 0. The first kappa shape index (κ1) is 9.40. The number of hydrogen-bond acceptors (Lipinski definition) is 4. The minimum atomic E-state index is -0.502. The van der Waals surface area contributed by atoms with Gasteiger partial charge in [0.1, 0.15) is 0 Å². The molecule has 1 spiro atoms. The molecule has 4 nitrogen and oxygen atoms in total. The molecule has 2 atom stereocenters. The van der Waals surface area contributed by atoms with Crippen molar-refractivity contribution in [2.75, 3.05) is 13.2 Å². The molecule has 2 heterocycles. The second-order valence-corrected chi connectivity index (χ2v) is 3.92. The summed E-state index contributed by atoms with van der Waals surface area (Å²) >= 11 is 0. The zero-order valence-electron chi connectivity index (χ0n) is 7.61. The minimum Gasteiger partial charge on any atom is -0.391 e. The summed E-state index contributed by atoms with van der Waals surface area (Å²) in [5.74, 6) is -0.502. The van der Waals surface area contributed by atoms with Crippen LogP contribution < -0.4 is 0 Å². The largest absolute Gasteiger partial charge is 0.391 e. The van der Waals surface area contributed by atoms with Gasteiger partial charge in [-0.05, 0) is 12.8 Å². The highest BCUT2D eigenvalue weighted by Gasteiger charge is 2.40. The first-order chi connectivity index (χ1) is 6.20. The van der Waals surface area contributed by atoms with Gasteiger partial charge in [-0.2, -0.15) is 0 Å². The van der Waals surface area contributed by atoms with E-state index in [2.05, 4.69) is 0 Å². The highest BCUT2D eigenvalue weighted by molar-refractivity contribution is 4.82. The van der Waals surface area contributed by atoms with Gasteiger partial charge in [-0.25, -0.2) is 0 Å². The molecule has 2 fully saturated rings. The molecule has 2 N–H and O–H groups in total. The van der Waals surface area contributed by atoms with E-state index in [0.717, 1.165) is 25.7 Å². The van der Waals surface area contributed by atoms with Crippen molar-refractivity contribution in [1.29, 1.82) is 0 Å². The van der Waals surface area contributed by atoms with Gasteiger partial charge in [0.2, 0.25) is 0 Å². The summed E-state index contributed by atoms with van der Waals surface area (Å²) in [6, 6.07) is 0. The highest BCUT2D eigenvalue weighted by Crippen LogP contribution is 2.34. The number of hydrogen-bond donors (Lipinski definition) is 2. The van der Waals surface area contributed by atoms with Gasteiger partial charge in [0, 0.05) is 12.8 Å². The van der Waals surface area contributed by atoms with Crippen LogP contribution in [0.3, 0.4) is 0 Å². The molecular weight excluding hydrogens is 172 g/mol. The Labute approximate surface area is 77.5 Å². The molecule has 2 aliphatic rings. The van der Waals surface area contributed by atoms with E-state index >= 15 is 0 Å². The molecule has 0 saturated carbocycles. The number of aliphatic hydroxyl groups excluding tert-OH is 2. The molecule has 13 heavy (non-hydrogen) atoms. The third-order valence-electron chi connectivity index (χ3n) is 2.79. The summed E-state index contributed by atoms with van der Waals surface area (Å²) < 4.78 is 11.0. The lowest BCUT2D eigenvalue weighted by molar-refractivity contribution is -0.298. The van der Waals surface area contributed by atoms with E-state index in [1.807, 2.05) is 0 Å². The quantitative estimate of drug-likeness (QED) is 0.563. The second-order valence-electron chi connectivity index (χ2n) is 3.92. The monoisotopic (exact) mass is 188 g/mol. The Morgan fingerprint density at radius 1 is 0.923 bits per heavy atom. The van der Waals surface area contributed by atoms with E-state index in [-0.39, 0.29) is 12.2 Å². The van der Waals surface area contributed by atoms with E-state index in [4.69, 9.17) is 9.47 Å². The van der Waals surface area contributed by atoms with Gasteiger partial charge in [-0.3, -0.25) is 0 Å². The molecule has 0 amide bonds. The van der Waals surface area contributed by atoms with Crippen LogP contribution in [-0.2, 0) is 9.47 Å². The van der Waals surface area contributed by atoms with Crippen LogP contribution in [0.15, 0.2) is 0 Å². The van der Waals surface area contributed by atoms with Crippen molar-refractivity contribution in [3.63, 3.8) is 0 Å². The lowest BCUT2D eigenvalue weighted by Crippen LogP contribution is -2.48. The summed E-state index contributed by atoms with van der Waals surface area (Å²) in [7, 11) is 0. The van der Waals surface area contributed by atoms with Crippen molar-refractivity contribution in [2.45, 2.75) is 43.7 Å². The summed E-state index contributed by atoms with van der Waals surface area (Å²) in [4.78, 5) is 0. The first-order valence-electron chi connectivity index (χ1n) is 4.84. The molecule has 0 aromatic carbocycles. The Bertz CT molecular complexity index is 143. The molecule has 0 bridgehead atoms. The normalized spacial score (nSPS) is 46.6. The Morgan fingerprint density at radius 3 is 1.69 bits per heavy atom. The lowest BCUT2D eigenvalue weighted by Gasteiger charge is -2.42. The Balaban J connectivity index is 1.90. The zero-order chi connectivity index (χ0) is 9.31. The average molecular weight is 188 g/mol.